The second kappa shape index (κ2) is 8.11. The van der Waals surface area contributed by atoms with Crippen molar-refractivity contribution in [2.75, 3.05) is 13.2 Å². The summed E-state index contributed by atoms with van der Waals surface area (Å²) in [7, 11) is 0. The van der Waals surface area contributed by atoms with Crippen LogP contribution in [0.15, 0.2) is 30.3 Å². The van der Waals surface area contributed by atoms with Crippen molar-refractivity contribution in [3.8, 4) is 0 Å². The van der Waals surface area contributed by atoms with Crippen molar-refractivity contribution in [2.45, 2.75) is 46.5 Å². The molecule has 0 N–H and O–H groups in total. The molecule has 0 unspecified atom stereocenters. The molecule has 0 amide bonds. The van der Waals surface area contributed by atoms with Crippen LogP contribution in [0.25, 0.3) is 0 Å². The van der Waals surface area contributed by atoms with Gasteiger partial charge in [0.1, 0.15) is 5.78 Å². The van der Waals surface area contributed by atoms with Crippen LogP contribution in [0.5, 0.6) is 0 Å². The van der Waals surface area contributed by atoms with E-state index < -0.39 is 0 Å². The molecule has 2 heteroatoms. The molecule has 0 radical (unpaired) electrons. The van der Waals surface area contributed by atoms with E-state index >= 15 is 0 Å². The van der Waals surface area contributed by atoms with Gasteiger partial charge in [-0.3, -0.25) is 4.79 Å². The standard InChI is InChI=1S/C17H26O2/c1-4-5-12-19-13-11-17(2,3)16(18)14-15-9-7-6-8-10-15/h6-10H,4-5,11-14H2,1-3H3. The average Bonchev–Trinajstić information content (AvgIpc) is 2.39. The highest BCUT2D eigenvalue weighted by Gasteiger charge is 2.26. The molecule has 0 aliphatic rings. The monoisotopic (exact) mass is 262 g/mol. The molecule has 19 heavy (non-hydrogen) atoms. The Bertz CT molecular complexity index is 368. The third-order valence-corrected chi connectivity index (χ3v) is 3.48. The number of hydrogen-bond acceptors (Lipinski definition) is 2. The van der Waals surface area contributed by atoms with E-state index in [1.165, 1.54) is 0 Å². The fraction of sp³-hybridized carbons (Fsp3) is 0.588. The second-order valence-electron chi connectivity index (χ2n) is 5.69. The van der Waals surface area contributed by atoms with E-state index in [1.54, 1.807) is 0 Å². The Labute approximate surface area is 117 Å². The van der Waals surface area contributed by atoms with E-state index in [-0.39, 0.29) is 11.2 Å². The average molecular weight is 262 g/mol. The highest BCUT2D eigenvalue weighted by Crippen LogP contribution is 2.23. The largest absolute Gasteiger partial charge is 0.381 e. The second-order valence-corrected chi connectivity index (χ2v) is 5.69. The maximum absolute atomic E-state index is 12.3. The molecule has 0 aliphatic carbocycles. The van der Waals surface area contributed by atoms with Crippen LogP contribution in [0, 0.1) is 5.41 Å². The third kappa shape index (κ3) is 6.02. The first-order chi connectivity index (χ1) is 9.06. The number of ether oxygens (including phenoxy) is 1. The first kappa shape index (κ1) is 15.9. The lowest BCUT2D eigenvalue weighted by Crippen LogP contribution is -2.27. The van der Waals surface area contributed by atoms with E-state index in [4.69, 9.17) is 4.74 Å². The van der Waals surface area contributed by atoms with E-state index in [2.05, 4.69) is 6.92 Å². The molecule has 0 heterocycles. The van der Waals surface area contributed by atoms with Crippen LogP contribution in [0.4, 0.5) is 0 Å². The van der Waals surface area contributed by atoms with Crippen molar-refractivity contribution in [1.29, 1.82) is 0 Å². The summed E-state index contributed by atoms with van der Waals surface area (Å²) in [5, 5.41) is 0. The summed E-state index contributed by atoms with van der Waals surface area (Å²) < 4.78 is 5.56. The highest BCUT2D eigenvalue weighted by atomic mass is 16.5. The molecule has 0 atom stereocenters. The Morgan fingerprint density at radius 2 is 1.84 bits per heavy atom. The maximum Gasteiger partial charge on any atom is 0.142 e. The summed E-state index contributed by atoms with van der Waals surface area (Å²) in [4.78, 5) is 12.3. The summed E-state index contributed by atoms with van der Waals surface area (Å²) in [6, 6.07) is 9.94. The van der Waals surface area contributed by atoms with Crippen molar-refractivity contribution in [3.05, 3.63) is 35.9 Å². The molecule has 1 aromatic rings. The van der Waals surface area contributed by atoms with Gasteiger partial charge in [0.2, 0.25) is 0 Å². The SMILES string of the molecule is CCCCOCCC(C)(C)C(=O)Cc1ccccc1. The third-order valence-electron chi connectivity index (χ3n) is 3.48. The van der Waals surface area contributed by atoms with Crippen LogP contribution in [-0.4, -0.2) is 19.0 Å². The van der Waals surface area contributed by atoms with Crippen LogP contribution in [-0.2, 0) is 16.0 Å². The fourth-order valence-corrected chi connectivity index (χ4v) is 1.84. The number of Topliss-reactive ketones (excluding diaryl/α,β-unsaturated/α-hetero) is 1. The van der Waals surface area contributed by atoms with E-state index in [1.807, 2.05) is 44.2 Å². The molecule has 0 bridgehead atoms. The van der Waals surface area contributed by atoms with E-state index in [0.29, 0.717) is 13.0 Å². The van der Waals surface area contributed by atoms with Crippen LogP contribution < -0.4 is 0 Å². The lowest BCUT2D eigenvalue weighted by atomic mass is 9.82. The summed E-state index contributed by atoms with van der Waals surface area (Å²) in [6.07, 6.45) is 3.56. The summed E-state index contributed by atoms with van der Waals surface area (Å²) in [5.41, 5.74) is 0.787. The van der Waals surface area contributed by atoms with Gasteiger partial charge in [-0.05, 0) is 18.4 Å². The molecule has 0 saturated carbocycles. The predicted octanol–water partition coefficient (Wildman–Crippen LogP) is 4.03. The molecule has 106 valence electrons. The Kier molecular flexibility index (Phi) is 6.79. The topological polar surface area (TPSA) is 26.3 Å². The highest BCUT2D eigenvalue weighted by molar-refractivity contribution is 5.86. The summed E-state index contributed by atoms with van der Waals surface area (Å²) >= 11 is 0. The molecule has 0 saturated heterocycles. The molecular weight excluding hydrogens is 236 g/mol. The first-order valence-electron chi connectivity index (χ1n) is 7.21. The molecule has 0 fully saturated rings. The molecule has 2 nitrogen and oxygen atoms in total. The zero-order chi connectivity index (χ0) is 14.1. The van der Waals surface area contributed by atoms with Gasteiger partial charge >= 0.3 is 0 Å². The Morgan fingerprint density at radius 1 is 1.16 bits per heavy atom. The van der Waals surface area contributed by atoms with Crippen LogP contribution in [0.1, 0.15) is 45.6 Å². The quantitative estimate of drug-likeness (QED) is 0.628. The van der Waals surface area contributed by atoms with Crippen LogP contribution in [0.2, 0.25) is 0 Å². The van der Waals surface area contributed by atoms with Gasteiger partial charge in [-0.15, -0.1) is 0 Å². The molecular formula is C17H26O2. The van der Waals surface area contributed by atoms with Gasteiger partial charge in [0.25, 0.3) is 0 Å². The fourth-order valence-electron chi connectivity index (χ4n) is 1.84. The molecule has 1 rings (SSSR count). The minimum atomic E-state index is -0.304. The molecule has 0 spiro atoms. The van der Waals surface area contributed by atoms with Crippen molar-refractivity contribution in [2.24, 2.45) is 5.41 Å². The smallest absolute Gasteiger partial charge is 0.142 e. The van der Waals surface area contributed by atoms with E-state index in [0.717, 1.165) is 31.4 Å². The number of unbranched alkanes of at least 4 members (excludes halogenated alkanes) is 1. The van der Waals surface area contributed by atoms with Gasteiger partial charge in [0.05, 0.1) is 0 Å². The minimum Gasteiger partial charge on any atom is -0.381 e. The van der Waals surface area contributed by atoms with Gasteiger partial charge in [0.15, 0.2) is 0 Å². The number of benzene rings is 1. The van der Waals surface area contributed by atoms with Gasteiger partial charge in [0, 0.05) is 25.0 Å². The van der Waals surface area contributed by atoms with Gasteiger partial charge in [-0.1, -0.05) is 57.5 Å². The molecule has 0 aliphatic heterocycles. The maximum atomic E-state index is 12.3. The first-order valence-corrected chi connectivity index (χ1v) is 7.21. The zero-order valence-corrected chi connectivity index (χ0v) is 12.4. The number of ketones is 1. The lowest BCUT2D eigenvalue weighted by molar-refractivity contribution is -0.127. The molecule has 0 aromatic heterocycles. The Morgan fingerprint density at radius 3 is 2.47 bits per heavy atom. The van der Waals surface area contributed by atoms with E-state index in [9.17, 15) is 4.79 Å². The van der Waals surface area contributed by atoms with Crippen molar-refractivity contribution in [3.63, 3.8) is 0 Å². The lowest BCUT2D eigenvalue weighted by Gasteiger charge is -2.23. The zero-order valence-electron chi connectivity index (χ0n) is 12.4. The predicted molar refractivity (Wildman–Crippen MR) is 79.3 cm³/mol. The summed E-state index contributed by atoms with van der Waals surface area (Å²) in [6.45, 7) is 7.66. The van der Waals surface area contributed by atoms with Crippen molar-refractivity contribution < 1.29 is 9.53 Å². The Hall–Kier alpha value is -1.15. The van der Waals surface area contributed by atoms with Crippen LogP contribution in [0.3, 0.4) is 0 Å². The van der Waals surface area contributed by atoms with Crippen LogP contribution >= 0.6 is 0 Å². The minimum absolute atomic E-state index is 0.290. The van der Waals surface area contributed by atoms with Gasteiger partial charge in [-0.2, -0.15) is 0 Å². The van der Waals surface area contributed by atoms with Gasteiger partial charge in [-0.25, -0.2) is 0 Å². The number of hydrogen-bond donors (Lipinski definition) is 0. The number of carbonyl (C=O) groups is 1. The Balaban J connectivity index is 2.37. The normalized spacial score (nSPS) is 11.5. The van der Waals surface area contributed by atoms with Crippen molar-refractivity contribution >= 4 is 5.78 Å². The molecule has 1 aromatic carbocycles. The number of carbonyl (C=O) groups excluding carboxylic acids is 1. The van der Waals surface area contributed by atoms with Gasteiger partial charge < -0.3 is 4.74 Å². The number of rotatable bonds is 9. The summed E-state index contributed by atoms with van der Waals surface area (Å²) in [5.74, 6) is 0.290. The van der Waals surface area contributed by atoms with Crippen molar-refractivity contribution in [1.82, 2.24) is 0 Å².